The lowest BCUT2D eigenvalue weighted by atomic mass is 9.74. The number of ketones is 1. The summed E-state index contributed by atoms with van der Waals surface area (Å²) in [6.07, 6.45) is -7.76. The first-order valence-electron chi connectivity index (χ1n) is 20.1. The highest BCUT2D eigenvalue weighted by atomic mass is 16.7. The molecule has 14 nitrogen and oxygen atoms in total. The molecular formula is C40H73NO13. The van der Waals surface area contributed by atoms with Gasteiger partial charge in [0.05, 0.1) is 47.6 Å². The zero-order chi connectivity index (χ0) is 41.1. The van der Waals surface area contributed by atoms with Crippen molar-refractivity contribution in [1.82, 2.24) is 4.90 Å². The van der Waals surface area contributed by atoms with Crippen molar-refractivity contribution in [3.63, 3.8) is 0 Å². The molecule has 316 valence electrons. The molecule has 3 aliphatic heterocycles. The van der Waals surface area contributed by atoms with Gasteiger partial charge < -0.3 is 58.9 Å². The van der Waals surface area contributed by atoms with Crippen LogP contribution in [0.2, 0.25) is 0 Å². The lowest BCUT2D eigenvalue weighted by molar-refractivity contribution is -0.318. The molecule has 0 aliphatic carbocycles. The third-order valence-corrected chi connectivity index (χ3v) is 12.6. The fourth-order valence-corrected chi connectivity index (χ4v) is 8.91. The Balaban J connectivity index is 2.17. The zero-order valence-electron chi connectivity index (χ0n) is 35.1. The number of Topliss-reactive ketones (excluding diaryl/α,β-unsaturated/α-hetero) is 1. The SMILES string of the molecule is CCCCN(C)[C@H]1C[C@@H](C)O[C@@H](O[C@@H]2[C@@H](C)[C@H](O[C@H]3C[C@@](C)(OC)[C@@H](O)[C@H](C)O3)[C@@H](C)C(=O)O[C@H](CC)[C@@](C)(O)[C@H](O)[C@@H](C)C(=O)[C@H](C)C[C@@]2(C)O)[C@@H]1O. The number of rotatable bonds is 10. The topological polar surface area (TPSA) is 194 Å². The lowest BCUT2D eigenvalue weighted by Gasteiger charge is -2.49. The van der Waals surface area contributed by atoms with Crippen LogP contribution in [0.5, 0.6) is 0 Å². The Bertz CT molecular complexity index is 1220. The van der Waals surface area contributed by atoms with E-state index >= 15 is 0 Å². The first-order valence-corrected chi connectivity index (χ1v) is 20.1. The number of methoxy groups -OCH3 is 1. The summed E-state index contributed by atoms with van der Waals surface area (Å²) in [5.74, 6) is -4.97. The Morgan fingerprint density at radius 3 is 2.09 bits per heavy atom. The largest absolute Gasteiger partial charge is 0.459 e. The van der Waals surface area contributed by atoms with Gasteiger partial charge in [-0.2, -0.15) is 0 Å². The van der Waals surface area contributed by atoms with Crippen LogP contribution in [0, 0.1) is 23.7 Å². The molecule has 18 atom stereocenters. The Kier molecular flexibility index (Phi) is 16.5. The van der Waals surface area contributed by atoms with Crippen LogP contribution in [0.4, 0.5) is 0 Å². The van der Waals surface area contributed by atoms with E-state index in [-0.39, 0.29) is 31.4 Å². The molecule has 0 aromatic heterocycles. The third-order valence-electron chi connectivity index (χ3n) is 12.6. The zero-order valence-corrected chi connectivity index (χ0v) is 35.1. The lowest BCUT2D eigenvalue weighted by Crippen LogP contribution is -2.61. The average Bonchev–Trinajstić information content (AvgIpc) is 3.11. The van der Waals surface area contributed by atoms with Gasteiger partial charge in [0.2, 0.25) is 0 Å². The molecule has 54 heavy (non-hydrogen) atoms. The normalized spacial score (nSPS) is 47.6. The van der Waals surface area contributed by atoms with Gasteiger partial charge >= 0.3 is 5.97 Å². The summed E-state index contributed by atoms with van der Waals surface area (Å²) < 4.78 is 37.4. The molecule has 0 radical (unpaired) electrons. The predicted molar refractivity (Wildman–Crippen MR) is 200 cm³/mol. The van der Waals surface area contributed by atoms with Crippen molar-refractivity contribution in [3.8, 4) is 0 Å². The van der Waals surface area contributed by atoms with E-state index in [2.05, 4.69) is 11.8 Å². The standard InChI is InChI=1S/C40H73NO13/c1-14-16-17-41(12)27-18-22(4)50-37(31(27)43)54-35-24(6)32(53-29-20-39(10,49-13)34(45)26(8)51-29)25(7)36(46)52-28(15-2)40(11,48)33(44)23(5)30(42)21(3)19-38(35,9)47/h21-29,31-35,37,43-45,47-48H,14-20H2,1-13H3/t21-,22-,23+,24+,25-,26+,27+,28-,29+,31-,32+,33-,34+,35-,37+,38-,39-,40-/m1/s1. The van der Waals surface area contributed by atoms with Gasteiger partial charge in [0.1, 0.15) is 29.7 Å². The molecule has 3 fully saturated rings. The number of nitrogens with zero attached hydrogens (tertiary/aromatic N) is 1. The van der Waals surface area contributed by atoms with Crippen LogP contribution in [0.25, 0.3) is 0 Å². The average molecular weight is 776 g/mol. The molecule has 0 saturated carbocycles. The van der Waals surface area contributed by atoms with E-state index in [1.54, 1.807) is 41.5 Å². The van der Waals surface area contributed by atoms with E-state index < -0.39 is 108 Å². The van der Waals surface area contributed by atoms with E-state index in [9.17, 15) is 35.1 Å². The molecule has 0 aromatic rings. The molecule has 0 bridgehead atoms. The number of cyclic esters (lactones) is 1. The maximum Gasteiger partial charge on any atom is 0.311 e. The van der Waals surface area contributed by atoms with Crippen molar-refractivity contribution in [2.75, 3.05) is 20.7 Å². The number of hydrogen-bond donors (Lipinski definition) is 5. The Morgan fingerprint density at radius 2 is 1.52 bits per heavy atom. The Morgan fingerprint density at radius 1 is 0.889 bits per heavy atom. The molecule has 0 spiro atoms. The summed E-state index contributed by atoms with van der Waals surface area (Å²) in [7, 11) is 3.44. The molecule has 14 heteroatoms. The van der Waals surface area contributed by atoms with Gasteiger partial charge in [0.15, 0.2) is 12.6 Å². The molecule has 3 rings (SSSR count). The maximum atomic E-state index is 14.2. The van der Waals surface area contributed by atoms with Gasteiger partial charge in [0.25, 0.3) is 0 Å². The second-order valence-corrected chi connectivity index (χ2v) is 17.3. The molecule has 3 aliphatic rings. The van der Waals surface area contributed by atoms with Crippen molar-refractivity contribution < 1.29 is 63.5 Å². The predicted octanol–water partition coefficient (Wildman–Crippen LogP) is 2.96. The van der Waals surface area contributed by atoms with Gasteiger partial charge in [-0.05, 0) is 80.8 Å². The van der Waals surface area contributed by atoms with Gasteiger partial charge in [-0.3, -0.25) is 9.59 Å². The van der Waals surface area contributed by atoms with Crippen LogP contribution in [-0.4, -0.2) is 147 Å². The van der Waals surface area contributed by atoms with Crippen molar-refractivity contribution in [1.29, 1.82) is 0 Å². The molecule has 3 heterocycles. The van der Waals surface area contributed by atoms with E-state index in [1.165, 1.54) is 27.9 Å². The van der Waals surface area contributed by atoms with Gasteiger partial charge in [-0.25, -0.2) is 0 Å². The number of hydrogen-bond acceptors (Lipinski definition) is 14. The molecule has 3 saturated heterocycles. The summed E-state index contributed by atoms with van der Waals surface area (Å²) in [4.78, 5) is 30.1. The van der Waals surface area contributed by atoms with E-state index in [0.717, 1.165) is 19.4 Å². The minimum atomic E-state index is -2.00. The number of ether oxygens (including phenoxy) is 6. The number of unbranched alkanes of at least 4 members (excludes halogenated alkanes) is 1. The quantitative estimate of drug-likeness (QED) is 0.203. The van der Waals surface area contributed by atoms with Gasteiger partial charge in [0, 0.05) is 37.3 Å². The maximum absolute atomic E-state index is 14.2. The minimum Gasteiger partial charge on any atom is -0.459 e. The first-order chi connectivity index (χ1) is 25.0. The molecule has 5 N–H and O–H groups in total. The molecule has 0 unspecified atom stereocenters. The number of likely N-dealkylation sites (N-methyl/N-ethyl adjacent to an activating group) is 1. The summed E-state index contributed by atoms with van der Waals surface area (Å²) >= 11 is 0. The number of aliphatic hydroxyl groups is 5. The van der Waals surface area contributed by atoms with E-state index in [4.69, 9.17) is 28.4 Å². The van der Waals surface area contributed by atoms with Crippen LogP contribution < -0.4 is 0 Å². The van der Waals surface area contributed by atoms with E-state index in [1.807, 2.05) is 14.0 Å². The fraction of sp³-hybridized carbons (Fsp3) is 0.950. The molecular weight excluding hydrogens is 702 g/mol. The Labute approximate surface area is 323 Å². The molecule has 0 amide bonds. The van der Waals surface area contributed by atoms with Crippen molar-refractivity contribution >= 4 is 11.8 Å². The van der Waals surface area contributed by atoms with Gasteiger partial charge in [-0.1, -0.05) is 41.0 Å². The monoisotopic (exact) mass is 776 g/mol. The second-order valence-electron chi connectivity index (χ2n) is 17.3. The third kappa shape index (κ3) is 10.4. The van der Waals surface area contributed by atoms with Crippen molar-refractivity contribution in [3.05, 3.63) is 0 Å². The summed E-state index contributed by atoms with van der Waals surface area (Å²) in [5.41, 5.74) is -4.85. The van der Waals surface area contributed by atoms with E-state index in [0.29, 0.717) is 6.42 Å². The highest BCUT2D eigenvalue weighted by Crippen LogP contribution is 2.41. The Hall–Kier alpha value is -1.30. The second kappa shape index (κ2) is 19.0. The highest BCUT2D eigenvalue weighted by Gasteiger charge is 2.53. The number of esters is 1. The van der Waals surface area contributed by atoms with Crippen LogP contribution in [0.15, 0.2) is 0 Å². The van der Waals surface area contributed by atoms with Gasteiger partial charge in [-0.15, -0.1) is 0 Å². The minimum absolute atomic E-state index is 0.0948. The smallest absolute Gasteiger partial charge is 0.311 e. The van der Waals surface area contributed by atoms with Crippen LogP contribution in [-0.2, 0) is 38.0 Å². The summed E-state index contributed by atoms with van der Waals surface area (Å²) in [5, 5.41) is 58.2. The molecule has 0 aromatic carbocycles. The van der Waals surface area contributed by atoms with Crippen LogP contribution in [0.1, 0.15) is 115 Å². The summed E-state index contributed by atoms with van der Waals surface area (Å²) in [6.45, 7) is 19.3. The van der Waals surface area contributed by atoms with Crippen molar-refractivity contribution in [2.24, 2.45) is 23.7 Å². The number of carbonyl (C=O) groups is 2. The highest BCUT2D eigenvalue weighted by molar-refractivity contribution is 5.83. The number of carbonyl (C=O) groups excluding carboxylic acids is 2. The summed E-state index contributed by atoms with van der Waals surface area (Å²) in [6, 6.07) is -0.304. The van der Waals surface area contributed by atoms with Crippen LogP contribution in [0.3, 0.4) is 0 Å². The fourth-order valence-electron chi connectivity index (χ4n) is 8.91. The number of aliphatic hydroxyl groups excluding tert-OH is 3. The van der Waals surface area contributed by atoms with Crippen molar-refractivity contribution in [2.45, 2.75) is 199 Å². The van der Waals surface area contributed by atoms with Crippen LogP contribution >= 0.6 is 0 Å². The first kappa shape index (κ1) is 47.1.